The van der Waals surface area contributed by atoms with E-state index in [4.69, 9.17) is 4.42 Å². The number of benzene rings is 1. The molecule has 0 radical (unpaired) electrons. The summed E-state index contributed by atoms with van der Waals surface area (Å²) in [7, 11) is 0. The summed E-state index contributed by atoms with van der Waals surface area (Å²) < 4.78 is 19.4. The van der Waals surface area contributed by atoms with Gasteiger partial charge in [-0.2, -0.15) is 0 Å². The zero-order chi connectivity index (χ0) is 18.9. The van der Waals surface area contributed by atoms with Gasteiger partial charge in [-0.15, -0.1) is 0 Å². The first-order valence-electron chi connectivity index (χ1n) is 8.71. The molecule has 1 aliphatic rings. The summed E-state index contributed by atoms with van der Waals surface area (Å²) in [6.45, 7) is 7.58. The maximum absolute atomic E-state index is 13.9. The number of hydrogen-bond acceptors (Lipinski definition) is 3. The number of nitrogens with zero attached hydrogens (tertiary/aromatic N) is 2. The van der Waals surface area contributed by atoms with Gasteiger partial charge in [0.15, 0.2) is 5.76 Å². The Morgan fingerprint density at radius 3 is 2.19 bits per heavy atom. The van der Waals surface area contributed by atoms with E-state index < -0.39 is 11.2 Å². The highest BCUT2D eigenvalue weighted by molar-refractivity contribution is 5.92. The summed E-state index contributed by atoms with van der Waals surface area (Å²) in [6.07, 6.45) is 0. The summed E-state index contributed by atoms with van der Waals surface area (Å²) in [4.78, 5) is 28.4. The Kier molecular flexibility index (Phi) is 4.85. The van der Waals surface area contributed by atoms with Gasteiger partial charge < -0.3 is 14.2 Å². The van der Waals surface area contributed by atoms with Gasteiger partial charge in [0.1, 0.15) is 11.6 Å². The van der Waals surface area contributed by atoms with Crippen LogP contribution in [0.25, 0.3) is 11.3 Å². The second kappa shape index (κ2) is 6.94. The van der Waals surface area contributed by atoms with E-state index in [0.29, 0.717) is 37.5 Å². The van der Waals surface area contributed by atoms with Crippen LogP contribution in [0, 0.1) is 11.2 Å². The first kappa shape index (κ1) is 18.2. The van der Waals surface area contributed by atoms with Crippen molar-refractivity contribution >= 4 is 11.8 Å². The molecular weight excluding hydrogens is 335 g/mol. The van der Waals surface area contributed by atoms with Crippen molar-refractivity contribution in [3.05, 3.63) is 48.0 Å². The van der Waals surface area contributed by atoms with Gasteiger partial charge in [0.05, 0.1) is 5.56 Å². The summed E-state index contributed by atoms with van der Waals surface area (Å²) in [5.74, 6) is -0.0399. The highest BCUT2D eigenvalue weighted by Crippen LogP contribution is 2.26. The molecule has 0 saturated carbocycles. The third-order valence-electron chi connectivity index (χ3n) is 4.45. The van der Waals surface area contributed by atoms with Crippen LogP contribution >= 0.6 is 0 Å². The summed E-state index contributed by atoms with van der Waals surface area (Å²) in [6, 6.07) is 9.45. The molecule has 5 nitrogen and oxygen atoms in total. The molecule has 2 amide bonds. The Morgan fingerprint density at radius 2 is 1.58 bits per heavy atom. The summed E-state index contributed by atoms with van der Waals surface area (Å²) >= 11 is 0. The summed E-state index contributed by atoms with van der Waals surface area (Å²) in [5, 5.41) is 0. The SMILES string of the molecule is CC(C)(C)C(=O)N1CCN(C(=O)c2ccc(-c3ccccc3F)o2)CC1. The van der Waals surface area contributed by atoms with Crippen molar-refractivity contribution in [2.75, 3.05) is 26.2 Å². The van der Waals surface area contributed by atoms with E-state index in [-0.39, 0.29) is 17.6 Å². The minimum Gasteiger partial charge on any atom is -0.451 e. The molecule has 0 spiro atoms. The lowest BCUT2D eigenvalue weighted by atomic mass is 9.94. The predicted molar refractivity (Wildman–Crippen MR) is 96.0 cm³/mol. The second-order valence-corrected chi connectivity index (χ2v) is 7.48. The van der Waals surface area contributed by atoms with Gasteiger partial charge in [0.25, 0.3) is 5.91 Å². The molecule has 0 atom stereocenters. The topological polar surface area (TPSA) is 53.8 Å². The van der Waals surface area contributed by atoms with Gasteiger partial charge in [0, 0.05) is 31.6 Å². The Hall–Kier alpha value is -2.63. The van der Waals surface area contributed by atoms with Crippen molar-refractivity contribution in [3.8, 4) is 11.3 Å². The molecule has 0 bridgehead atoms. The van der Waals surface area contributed by atoms with Gasteiger partial charge in [-0.25, -0.2) is 4.39 Å². The highest BCUT2D eigenvalue weighted by Gasteiger charge is 2.31. The Labute approximate surface area is 152 Å². The van der Waals surface area contributed by atoms with Crippen LogP contribution in [0.2, 0.25) is 0 Å². The number of amides is 2. The number of carbonyl (C=O) groups excluding carboxylic acids is 2. The van der Waals surface area contributed by atoms with Gasteiger partial charge in [-0.3, -0.25) is 9.59 Å². The van der Waals surface area contributed by atoms with E-state index in [1.807, 2.05) is 20.8 Å². The molecule has 26 heavy (non-hydrogen) atoms. The second-order valence-electron chi connectivity index (χ2n) is 7.48. The van der Waals surface area contributed by atoms with E-state index >= 15 is 0 Å². The maximum atomic E-state index is 13.9. The summed E-state index contributed by atoms with van der Waals surface area (Å²) in [5.41, 5.74) is -0.103. The standard InChI is InChI=1S/C20H23FN2O3/c1-20(2,3)19(25)23-12-10-22(11-13-23)18(24)17-9-8-16(26-17)14-6-4-5-7-15(14)21/h4-9H,10-13H2,1-3H3. The van der Waals surface area contributed by atoms with Gasteiger partial charge in [0.2, 0.25) is 5.91 Å². The molecule has 138 valence electrons. The first-order chi connectivity index (χ1) is 12.3. The lowest BCUT2D eigenvalue weighted by Crippen LogP contribution is -2.53. The van der Waals surface area contributed by atoms with Gasteiger partial charge >= 0.3 is 0 Å². The van der Waals surface area contributed by atoms with Crippen LogP contribution in [0.1, 0.15) is 31.3 Å². The van der Waals surface area contributed by atoms with Crippen molar-refractivity contribution < 1.29 is 18.4 Å². The monoisotopic (exact) mass is 358 g/mol. The molecule has 0 N–H and O–H groups in total. The van der Waals surface area contributed by atoms with E-state index in [1.165, 1.54) is 6.07 Å². The van der Waals surface area contributed by atoms with Gasteiger partial charge in [-0.1, -0.05) is 32.9 Å². The quantitative estimate of drug-likeness (QED) is 0.827. The molecule has 1 aliphatic heterocycles. The van der Waals surface area contributed by atoms with Crippen LogP contribution in [-0.2, 0) is 4.79 Å². The number of piperazine rings is 1. The number of rotatable bonds is 2. The predicted octanol–water partition coefficient (Wildman–Crippen LogP) is 3.42. The zero-order valence-corrected chi connectivity index (χ0v) is 15.3. The third kappa shape index (κ3) is 3.64. The average molecular weight is 358 g/mol. The van der Waals surface area contributed by atoms with Crippen molar-refractivity contribution in [1.82, 2.24) is 9.80 Å². The molecule has 0 aliphatic carbocycles. The number of hydrogen-bond donors (Lipinski definition) is 0. The fraction of sp³-hybridized carbons (Fsp3) is 0.400. The van der Waals surface area contributed by atoms with Crippen LogP contribution in [0.5, 0.6) is 0 Å². The minimum atomic E-state index is -0.429. The number of furan rings is 1. The van der Waals surface area contributed by atoms with Crippen molar-refractivity contribution in [3.63, 3.8) is 0 Å². The molecule has 1 aromatic carbocycles. The lowest BCUT2D eigenvalue weighted by molar-refractivity contribution is -0.140. The third-order valence-corrected chi connectivity index (χ3v) is 4.45. The smallest absolute Gasteiger partial charge is 0.289 e. The normalized spacial score (nSPS) is 15.2. The lowest BCUT2D eigenvalue weighted by Gasteiger charge is -2.37. The van der Waals surface area contributed by atoms with Gasteiger partial charge in [-0.05, 0) is 24.3 Å². The molecule has 2 heterocycles. The number of carbonyl (C=O) groups is 2. The van der Waals surface area contributed by atoms with Crippen LogP contribution < -0.4 is 0 Å². The highest BCUT2D eigenvalue weighted by atomic mass is 19.1. The fourth-order valence-corrected chi connectivity index (χ4v) is 3.00. The van der Waals surface area contributed by atoms with Crippen molar-refractivity contribution in [2.24, 2.45) is 5.41 Å². The molecular formula is C20H23FN2O3. The Morgan fingerprint density at radius 1 is 0.962 bits per heavy atom. The van der Waals surface area contributed by atoms with Crippen LogP contribution in [-0.4, -0.2) is 47.8 Å². The largest absolute Gasteiger partial charge is 0.451 e. The van der Waals surface area contributed by atoms with E-state index in [9.17, 15) is 14.0 Å². The van der Waals surface area contributed by atoms with Crippen LogP contribution in [0.4, 0.5) is 4.39 Å². The molecule has 6 heteroatoms. The first-order valence-corrected chi connectivity index (χ1v) is 8.71. The van der Waals surface area contributed by atoms with Crippen molar-refractivity contribution in [1.29, 1.82) is 0 Å². The Bertz CT molecular complexity index is 814. The number of halogens is 1. The maximum Gasteiger partial charge on any atom is 0.289 e. The molecule has 3 rings (SSSR count). The molecule has 1 fully saturated rings. The average Bonchev–Trinajstić information content (AvgIpc) is 3.10. The minimum absolute atomic E-state index is 0.0874. The fourth-order valence-electron chi connectivity index (χ4n) is 3.00. The molecule has 2 aromatic rings. The van der Waals surface area contributed by atoms with Crippen LogP contribution in [0.3, 0.4) is 0 Å². The molecule has 1 saturated heterocycles. The zero-order valence-electron chi connectivity index (χ0n) is 15.3. The Balaban J connectivity index is 1.67. The van der Waals surface area contributed by atoms with E-state index in [1.54, 1.807) is 40.1 Å². The van der Waals surface area contributed by atoms with Crippen LogP contribution in [0.15, 0.2) is 40.8 Å². The molecule has 0 unspecified atom stereocenters. The molecule has 1 aromatic heterocycles. The van der Waals surface area contributed by atoms with E-state index in [2.05, 4.69) is 0 Å². The van der Waals surface area contributed by atoms with E-state index in [0.717, 1.165) is 0 Å². The van der Waals surface area contributed by atoms with Crippen molar-refractivity contribution in [2.45, 2.75) is 20.8 Å².